The minimum absolute atomic E-state index is 0.155. The van der Waals surface area contributed by atoms with Crippen molar-refractivity contribution < 1.29 is 13.6 Å². The van der Waals surface area contributed by atoms with E-state index < -0.39 is 11.6 Å². The van der Waals surface area contributed by atoms with Crippen molar-refractivity contribution >= 4 is 17.4 Å². The molecule has 0 saturated carbocycles. The van der Waals surface area contributed by atoms with Gasteiger partial charge in [0, 0.05) is 12.1 Å². The van der Waals surface area contributed by atoms with E-state index in [2.05, 4.69) is 15.3 Å². The number of anilines is 1. The van der Waals surface area contributed by atoms with Gasteiger partial charge in [-0.15, -0.1) is 0 Å². The van der Waals surface area contributed by atoms with E-state index in [-0.39, 0.29) is 23.6 Å². The average molecular weight is 344 g/mol. The molecule has 1 N–H and O–H groups in total. The topological polar surface area (TPSA) is 59.3 Å². The molecule has 3 heterocycles. The van der Waals surface area contributed by atoms with Gasteiger partial charge in [0.2, 0.25) is 5.91 Å². The molecule has 0 aliphatic rings. The zero-order valence-electron chi connectivity index (χ0n) is 14.1. The number of rotatable bonds is 4. The first kappa shape index (κ1) is 17.0. The first-order valence-corrected chi connectivity index (χ1v) is 7.97. The number of fused-ring (bicyclic) bond motifs is 1. The summed E-state index contributed by atoms with van der Waals surface area (Å²) < 4.78 is 28.4. The predicted octanol–water partition coefficient (Wildman–Crippen LogP) is 3.91. The Morgan fingerprint density at radius 3 is 2.48 bits per heavy atom. The van der Waals surface area contributed by atoms with Crippen molar-refractivity contribution in [1.29, 1.82) is 0 Å². The zero-order chi connectivity index (χ0) is 18.1. The zero-order valence-corrected chi connectivity index (χ0v) is 14.1. The van der Waals surface area contributed by atoms with Crippen LogP contribution in [0.5, 0.6) is 0 Å². The highest BCUT2D eigenvalue weighted by Gasteiger charge is 2.22. The Kier molecular flexibility index (Phi) is 4.48. The Hall–Kier alpha value is -2.83. The van der Waals surface area contributed by atoms with Gasteiger partial charge < -0.3 is 5.32 Å². The molecule has 130 valence electrons. The lowest BCUT2D eigenvalue weighted by molar-refractivity contribution is -0.120. The maximum atomic E-state index is 13.7. The number of pyridine rings is 2. The third-order valence-corrected chi connectivity index (χ3v) is 4.21. The van der Waals surface area contributed by atoms with Crippen LogP contribution in [0.2, 0.25) is 0 Å². The van der Waals surface area contributed by atoms with E-state index in [1.54, 1.807) is 0 Å². The summed E-state index contributed by atoms with van der Waals surface area (Å²) in [7, 11) is 0. The molecule has 0 aliphatic carbocycles. The second kappa shape index (κ2) is 6.58. The highest BCUT2D eigenvalue weighted by atomic mass is 19.1. The number of amides is 1. The van der Waals surface area contributed by atoms with Crippen LogP contribution in [0.3, 0.4) is 0 Å². The first-order valence-electron chi connectivity index (χ1n) is 7.97. The highest BCUT2D eigenvalue weighted by molar-refractivity contribution is 5.95. The Bertz CT molecular complexity index is 919. The van der Waals surface area contributed by atoms with Gasteiger partial charge in [-0.1, -0.05) is 20.8 Å². The van der Waals surface area contributed by atoms with Crippen LogP contribution in [0.4, 0.5) is 14.6 Å². The fourth-order valence-corrected chi connectivity index (χ4v) is 2.40. The lowest BCUT2D eigenvalue weighted by atomic mass is 9.97. The summed E-state index contributed by atoms with van der Waals surface area (Å²) in [6.45, 7) is 5.72. The Morgan fingerprint density at radius 2 is 1.84 bits per heavy atom. The van der Waals surface area contributed by atoms with Gasteiger partial charge in [-0.25, -0.2) is 13.8 Å². The van der Waals surface area contributed by atoms with Crippen LogP contribution < -0.4 is 5.32 Å². The molecule has 0 bridgehead atoms. The molecule has 3 aromatic rings. The summed E-state index contributed by atoms with van der Waals surface area (Å²) in [5.74, 6) is -0.939. The number of carbonyl (C=O) groups is 1. The monoisotopic (exact) mass is 344 g/mol. The van der Waals surface area contributed by atoms with Crippen molar-refractivity contribution in [1.82, 2.24) is 14.4 Å². The summed E-state index contributed by atoms with van der Waals surface area (Å²) in [4.78, 5) is 20.8. The summed E-state index contributed by atoms with van der Waals surface area (Å²) in [5, 5.41) is 2.79. The predicted molar refractivity (Wildman–Crippen MR) is 91.0 cm³/mol. The summed E-state index contributed by atoms with van der Waals surface area (Å²) in [6.07, 6.45) is 2.32. The van der Waals surface area contributed by atoms with E-state index in [0.717, 1.165) is 6.20 Å². The van der Waals surface area contributed by atoms with Crippen molar-refractivity contribution in [2.75, 3.05) is 5.32 Å². The number of aromatic nitrogens is 3. The molecular formula is C18H18F2N4O. The molecule has 3 rings (SSSR count). The van der Waals surface area contributed by atoms with Crippen molar-refractivity contribution in [2.45, 2.75) is 20.8 Å². The van der Waals surface area contributed by atoms with E-state index in [1.807, 2.05) is 20.8 Å². The summed E-state index contributed by atoms with van der Waals surface area (Å²) >= 11 is 0. The quantitative estimate of drug-likeness (QED) is 0.781. The highest BCUT2D eigenvalue weighted by Crippen LogP contribution is 2.29. The van der Waals surface area contributed by atoms with Gasteiger partial charge in [0.15, 0.2) is 5.82 Å². The number of hydrogen-bond acceptors (Lipinski definition) is 3. The standard InChI is InChI=1S/C18H18F2N4O/c1-10(2)11(3)18(25)23-17-16(14-6-4-12(19)8-21-14)24-9-13(20)5-7-15(24)22-17/h4-11H,1-3H3,(H,23,25). The van der Waals surface area contributed by atoms with Crippen LogP contribution in [-0.2, 0) is 4.79 Å². The van der Waals surface area contributed by atoms with Crippen LogP contribution in [-0.4, -0.2) is 20.3 Å². The lowest BCUT2D eigenvalue weighted by Gasteiger charge is -2.15. The Morgan fingerprint density at radius 1 is 1.12 bits per heavy atom. The molecule has 0 spiro atoms. The molecule has 25 heavy (non-hydrogen) atoms. The lowest BCUT2D eigenvalue weighted by Crippen LogP contribution is -2.24. The smallest absolute Gasteiger partial charge is 0.228 e. The van der Waals surface area contributed by atoms with Crippen LogP contribution >= 0.6 is 0 Å². The molecule has 0 aromatic carbocycles. The van der Waals surface area contributed by atoms with Crippen molar-refractivity contribution in [3.05, 3.63) is 48.3 Å². The third kappa shape index (κ3) is 3.35. The number of nitrogens with zero attached hydrogens (tertiary/aromatic N) is 3. The van der Waals surface area contributed by atoms with E-state index in [9.17, 15) is 13.6 Å². The molecule has 1 unspecified atom stereocenters. The number of hydrogen-bond donors (Lipinski definition) is 1. The molecule has 0 fully saturated rings. The largest absolute Gasteiger partial charge is 0.309 e. The Labute approximate surface area is 143 Å². The third-order valence-electron chi connectivity index (χ3n) is 4.21. The molecule has 0 radical (unpaired) electrons. The first-order chi connectivity index (χ1) is 11.9. The van der Waals surface area contributed by atoms with Gasteiger partial charge in [-0.05, 0) is 30.2 Å². The van der Waals surface area contributed by atoms with E-state index in [1.165, 1.54) is 34.9 Å². The van der Waals surface area contributed by atoms with Crippen molar-refractivity contribution in [3.63, 3.8) is 0 Å². The van der Waals surface area contributed by atoms with Crippen LogP contribution in [0.15, 0.2) is 36.7 Å². The molecule has 0 saturated heterocycles. The minimum Gasteiger partial charge on any atom is -0.309 e. The maximum absolute atomic E-state index is 13.7. The van der Waals surface area contributed by atoms with E-state index >= 15 is 0 Å². The van der Waals surface area contributed by atoms with Crippen molar-refractivity contribution in [3.8, 4) is 11.4 Å². The Balaban J connectivity index is 2.12. The molecular weight excluding hydrogens is 326 g/mol. The van der Waals surface area contributed by atoms with Crippen LogP contribution in [0.25, 0.3) is 17.0 Å². The SMILES string of the molecule is CC(C)C(C)C(=O)Nc1nc2ccc(F)cn2c1-c1ccc(F)cn1. The van der Waals surface area contributed by atoms with Gasteiger partial charge in [0.05, 0.1) is 11.9 Å². The average Bonchev–Trinajstić information content (AvgIpc) is 2.91. The van der Waals surface area contributed by atoms with Gasteiger partial charge in [0.1, 0.15) is 23.0 Å². The molecule has 7 heteroatoms. The van der Waals surface area contributed by atoms with Crippen LogP contribution in [0, 0.1) is 23.5 Å². The van der Waals surface area contributed by atoms with Crippen LogP contribution in [0.1, 0.15) is 20.8 Å². The fraction of sp³-hybridized carbons (Fsp3) is 0.278. The van der Waals surface area contributed by atoms with Crippen molar-refractivity contribution in [2.24, 2.45) is 11.8 Å². The van der Waals surface area contributed by atoms with Gasteiger partial charge >= 0.3 is 0 Å². The normalized spacial score (nSPS) is 12.6. The van der Waals surface area contributed by atoms with E-state index in [4.69, 9.17) is 0 Å². The summed E-state index contributed by atoms with van der Waals surface area (Å²) in [6, 6.07) is 5.50. The van der Waals surface area contributed by atoms with Gasteiger partial charge in [-0.2, -0.15) is 0 Å². The number of carbonyl (C=O) groups excluding carboxylic acids is 1. The molecule has 1 amide bonds. The second-order valence-corrected chi connectivity index (χ2v) is 6.27. The number of imidazole rings is 1. The fourth-order valence-electron chi connectivity index (χ4n) is 2.40. The maximum Gasteiger partial charge on any atom is 0.228 e. The van der Waals surface area contributed by atoms with Gasteiger partial charge in [0.25, 0.3) is 0 Å². The van der Waals surface area contributed by atoms with E-state index in [0.29, 0.717) is 17.0 Å². The van der Waals surface area contributed by atoms with Gasteiger partial charge in [-0.3, -0.25) is 14.2 Å². The second-order valence-electron chi connectivity index (χ2n) is 6.27. The molecule has 1 atom stereocenters. The number of nitrogens with one attached hydrogen (secondary N) is 1. The molecule has 3 aromatic heterocycles. The summed E-state index contributed by atoms with van der Waals surface area (Å²) in [5.41, 5.74) is 1.24. The molecule has 5 nitrogen and oxygen atoms in total. The molecule has 0 aliphatic heterocycles. The number of halogens is 2. The minimum atomic E-state index is -0.484.